The number of carboxylic acids is 1. The maximum absolute atomic E-state index is 11.0. The van der Waals surface area contributed by atoms with Crippen LogP contribution in [0.4, 0.5) is 0 Å². The molecule has 0 saturated carbocycles. The Morgan fingerprint density at radius 1 is 1.43 bits per heavy atom. The Hall–Kier alpha value is -0.960. The zero-order valence-electron chi connectivity index (χ0n) is 8.04. The topological polar surface area (TPSA) is 37.3 Å². The second kappa shape index (κ2) is 3.65. The molecule has 0 aliphatic carbocycles. The number of carboxylic acid groups (broad SMARTS) is 1. The van der Waals surface area contributed by atoms with Crippen molar-refractivity contribution >= 4 is 17.7 Å². The lowest BCUT2D eigenvalue weighted by Gasteiger charge is -2.19. The molecule has 0 unspecified atom stereocenters. The van der Waals surface area contributed by atoms with Crippen LogP contribution in [0.5, 0.6) is 0 Å². The van der Waals surface area contributed by atoms with Crippen molar-refractivity contribution in [2.24, 2.45) is 0 Å². The molecular formula is C11H12O2S. The molecule has 1 aliphatic heterocycles. The number of hydrogen-bond acceptors (Lipinski definition) is 2. The third kappa shape index (κ3) is 1.52. The quantitative estimate of drug-likeness (QED) is 0.770. The first-order chi connectivity index (χ1) is 6.70. The SMILES string of the molecule is Cc1ccc(C(=O)O)c2c1CSCC2. The summed E-state index contributed by atoms with van der Waals surface area (Å²) in [7, 11) is 0. The molecule has 0 radical (unpaired) electrons. The molecule has 0 bridgehead atoms. The Balaban J connectivity index is 2.59. The highest BCUT2D eigenvalue weighted by Crippen LogP contribution is 2.29. The van der Waals surface area contributed by atoms with Crippen LogP contribution in [0.1, 0.15) is 27.0 Å². The Morgan fingerprint density at radius 3 is 2.93 bits per heavy atom. The van der Waals surface area contributed by atoms with Crippen molar-refractivity contribution in [1.29, 1.82) is 0 Å². The molecule has 74 valence electrons. The zero-order valence-corrected chi connectivity index (χ0v) is 8.86. The summed E-state index contributed by atoms with van der Waals surface area (Å²) in [5.41, 5.74) is 4.00. The lowest BCUT2D eigenvalue weighted by Crippen LogP contribution is -2.11. The van der Waals surface area contributed by atoms with Crippen molar-refractivity contribution in [3.63, 3.8) is 0 Å². The van der Waals surface area contributed by atoms with Gasteiger partial charge in [0.25, 0.3) is 0 Å². The Kier molecular flexibility index (Phi) is 2.50. The predicted molar refractivity (Wildman–Crippen MR) is 58.0 cm³/mol. The summed E-state index contributed by atoms with van der Waals surface area (Å²) in [6.07, 6.45) is 0.892. The second-order valence-corrected chi connectivity index (χ2v) is 4.60. The average Bonchev–Trinajstić information content (AvgIpc) is 2.18. The normalized spacial score (nSPS) is 14.9. The van der Waals surface area contributed by atoms with Crippen LogP contribution in [-0.2, 0) is 12.2 Å². The first-order valence-electron chi connectivity index (χ1n) is 4.62. The minimum atomic E-state index is -0.798. The van der Waals surface area contributed by atoms with Gasteiger partial charge >= 0.3 is 5.97 Å². The van der Waals surface area contributed by atoms with Gasteiger partial charge in [-0.05, 0) is 41.9 Å². The van der Waals surface area contributed by atoms with E-state index in [4.69, 9.17) is 5.11 Å². The summed E-state index contributed by atoms with van der Waals surface area (Å²) >= 11 is 1.88. The summed E-state index contributed by atoms with van der Waals surface area (Å²) in [5.74, 6) is 1.20. The van der Waals surface area contributed by atoms with Crippen LogP contribution in [0.25, 0.3) is 0 Å². The number of aryl methyl sites for hydroxylation is 1. The van der Waals surface area contributed by atoms with Crippen molar-refractivity contribution in [2.45, 2.75) is 19.1 Å². The number of aromatic carboxylic acids is 1. The fourth-order valence-corrected chi connectivity index (χ4v) is 2.94. The molecule has 0 atom stereocenters. The van der Waals surface area contributed by atoms with Gasteiger partial charge in [0, 0.05) is 5.75 Å². The Bertz CT molecular complexity index is 385. The van der Waals surface area contributed by atoms with Crippen LogP contribution in [0.2, 0.25) is 0 Å². The third-order valence-electron chi connectivity index (χ3n) is 2.64. The van der Waals surface area contributed by atoms with Crippen molar-refractivity contribution in [2.75, 3.05) is 5.75 Å². The molecule has 3 heteroatoms. The van der Waals surface area contributed by atoms with Crippen LogP contribution in [0.3, 0.4) is 0 Å². The molecule has 14 heavy (non-hydrogen) atoms. The number of benzene rings is 1. The molecule has 0 spiro atoms. The standard InChI is InChI=1S/C11H12O2S/c1-7-2-3-9(11(12)13)8-4-5-14-6-10(7)8/h2-3H,4-6H2,1H3,(H,12,13). The highest BCUT2D eigenvalue weighted by Gasteiger charge is 2.18. The van der Waals surface area contributed by atoms with E-state index in [9.17, 15) is 4.79 Å². The molecule has 1 heterocycles. The maximum atomic E-state index is 11.0. The van der Waals surface area contributed by atoms with Gasteiger partial charge in [-0.3, -0.25) is 0 Å². The number of rotatable bonds is 1. The predicted octanol–water partition coefficient (Wildman–Crippen LogP) is 2.48. The summed E-state index contributed by atoms with van der Waals surface area (Å²) in [5, 5.41) is 9.02. The zero-order chi connectivity index (χ0) is 10.1. The highest BCUT2D eigenvalue weighted by atomic mass is 32.2. The van der Waals surface area contributed by atoms with Crippen LogP contribution in [0, 0.1) is 6.92 Å². The van der Waals surface area contributed by atoms with E-state index in [1.54, 1.807) is 6.07 Å². The summed E-state index contributed by atoms with van der Waals surface area (Å²) in [6.45, 7) is 2.05. The molecule has 0 saturated heterocycles. The van der Waals surface area contributed by atoms with E-state index in [2.05, 4.69) is 6.92 Å². The van der Waals surface area contributed by atoms with Gasteiger partial charge in [-0.2, -0.15) is 11.8 Å². The van der Waals surface area contributed by atoms with E-state index in [0.717, 1.165) is 23.5 Å². The molecular weight excluding hydrogens is 196 g/mol. The van der Waals surface area contributed by atoms with Gasteiger partial charge in [-0.15, -0.1) is 0 Å². The van der Waals surface area contributed by atoms with Gasteiger partial charge in [-0.25, -0.2) is 4.79 Å². The van der Waals surface area contributed by atoms with Gasteiger partial charge in [0.05, 0.1) is 5.56 Å². The lowest BCUT2D eigenvalue weighted by atomic mass is 9.95. The minimum Gasteiger partial charge on any atom is -0.478 e. The fourth-order valence-electron chi connectivity index (χ4n) is 1.85. The van der Waals surface area contributed by atoms with E-state index >= 15 is 0 Å². The Morgan fingerprint density at radius 2 is 2.21 bits per heavy atom. The molecule has 0 fully saturated rings. The van der Waals surface area contributed by atoms with Gasteiger partial charge in [0.1, 0.15) is 0 Å². The van der Waals surface area contributed by atoms with Crippen LogP contribution in [0.15, 0.2) is 12.1 Å². The van der Waals surface area contributed by atoms with Gasteiger partial charge in [-0.1, -0.05) is 6.07 Å². The first kappa shape index (κ1) is 9.59. The highest BCUT2D eigenvalue weighted by molar-refractivity contribution is 7.98. The molecule has 1 N–H and O–H groups in total. The van der Waals surface area contributed by atoms with Crippen LogP contribution >= 0.6 is 11.8 Å². The Labute approximate surface area is 87.3 Å². The molecule has 0 aromatic heterocycles. The van der Waals surface area contributed by atoms with Crippen molar-refractivity contribution in [3.8, 4) is 0 Å². The number of fused-ring (bicyclic) bond motifs is 1. The maximum Gasteiger partial charge on any atom is 0.335 e. The van der Waals surface area contributed by atoms with Crippen molar-refractivity contribution < 1.29 is 9.90 Å². The summed E-state index contributed by atoms with van der Waals surface area (Å²) < 4.78 is 0. The minimum absolute atomic E-state index is 0.492. The molecule has 1 aliphatic rings. The first-order valence-corrected chi connectivity index (χ1v) is 5.78. The van der Waals surface area contributed by atoms with E-state index in [0.29, 0.717) is 5.56 Å². The molecule has 2 rings (SSSR count). The number of carbonyl (C=O) groups is 1. The van der Waals surface area contributed by atoms with E-state index < -0.39 is 5.97 Å². The van der Waals surface area contributed by atoms with E-state index in [-0.39, 0.29) is 0 Å². The molecule has 1 aromatic carbocycles. The van der Waals surface area contributed by atoms with Crippen molar-refractivity contribution in [3.05, 3.63) is 34.4 Å². The average molecular weight is 208 g/mol. The van der Waals surface area contributed by atoms with Crippen LogP contribution in [-0.4, -0.2) is 16.8 Å². The van der Waals surface area contributed by atoms with E-state index in [1.165, 1.54) is 11.1 Å². The third-order valence-corrected chi connectivity index (χ3v) is 3.62. The van der Waals surface area contributed by atoms with Crippen molar-refractivity contribution in [1.82, 2.24) is 0 Å². The second-order valence-electron chi connectivity index (χ2n) is 3.49. The number of hydrogen-bond donors (Lipinski definition) is 1. The summed E-state index contributed by atoms with van der Waals surface area (Å²) in [4.78, 5) is 11.0. The largest absolute Gasteiger partial charge is 0.478 e. The lowest BCUT2D eigenvalue weighted by molar-refractivity contribution is 0.0695. The van der Waals surface area contributed by atoms with Crippen LogP contribution < -0.4 is 0 Å². The molecule has 0 amide bonds. The van der Waals surface area contributed by atoms with Gasteiger partial charge in [0.2, 0.25) is 0 Å². The van der Waals surface area contributed by atoms with Gasteiger partial charge < -0.3 is 5.11 Å². The molecule has 1 aromatic rings. The summed E-state index contributed by atoms with van der Waals surface area (Å²) in [6, 6.07) is 3.64. The monoisotopic (exact) mass is 208 g/mol. The van der Waals surface area contributed by atoms with E-state index in [1.807, 2.05) is 17.8 Å². The fraction of sp³-hybridized carbons (Fsp3) is 0.364. The smallest absolute Gasteiger partial charge is 0.335 e. The van der Waals surface area contributed by atoms with Gasteiger partial charge in [0.15, 0.2) is 0 Å². The number of thioether (sulfide) groups is 1. The molecule has 2 nitrogen and oxygen atoms in total.